The molecule has 0 aromatic heterocycles. The Labute approximate surface area is 87.7 Å². The number of hydrogen-bond donors (Lipinski definition) is 1. The van der Waals surface area contributed by atoms with E-state index >= 15 is 0 Å². The van der Waals surface area contributed by atoms with Crippen molar-refractivity contribution >= 4 is 0 Å². The van der Waals surface area contributed by atoms with E-state index in [-0.39, 0.29) is 12.2 Å². The van der Waals surface area contributed by atoms with Crippen molar-refractivity contribution in [3.8, 4) is 0 Å². The summed E-state index contributed by atoms with van der Waals surface area (Å²) in [5.41, 5.74) is -0.136. The highest BCUT2D eigenvalue weighted by atomic mass is 19.3. The molecule has 0 amide bonds. The predicted octanol–water partition coefficient (Wildman–Crippen LogP) is 3.07. The number of hydrogen-bond acceptors (Lipinski definition) is 1. The molecule has 0 radical (unpaired) electrons. The number of benzene rings is 1. The van der Waals surface area contributed by atoms with E-state index in [0.29, 0.717) is 18.4 Å². The zero-order chi connectivity index (χ0) is 11.1. The lowest BCUT2D eigenvalue weighted by molar-refractivity contribution is -0.0724. The van der Waals surface area contributed by atoms with Crippen molar-refractivity contribution in [2.24, 2.45) is 5.41 Å². The second-order valence-corrected chi connectivity index (χ2v) is 4.49. The summed E-state index contributed by atoms with van der Waals surface area (Å²) in [4.78, 5) is 0. The molecule has 2 rings (SSSR count). The molecule has 0 bridgehead atoms. The fourth-order valence-electron chi connectivity index (χ4n) is 1.67. The van der Waals surface area contributed by atoms with Gasteiger partial charge in [0.2, 0.25) is 0 Å². The molecule has 0 saturated heterocycles. The second kappa shape index (κ2) is 3.27. The molecule has 1 aromatic rings. The van der Waals surface area contributed by atoms with Crippen molar-refractivity contribution < 1.29 is 13.9 Å². The van der Waals surface area contributed by atoms with Crippen LogP contribution in [0.5, 0.6) is 0 Å². The largest absolute Gasteiger partial charge is 0.392 e. The maximum atomic E-state index is 13.9. The lowest BCUT2D eigenvalue weighted by atomic mass is 9.93. The van der Waals surface area contributed by atoms with E-state index in [1.165, 1.54) is 12.1 Å². The molecule has 0 aliphatic heterocycles. The van der Waals surface area contributed by atoms with Crippen molar-refractivity contribution in [1.29, 1.82) is 0 Å². The van der Waals surface area contributed by atoms with Gasteiger partial charge in [0.15, 0.2) is 0 Å². The molecular weight excluding hydrogens is 198 g/mol. The van der Waals surface area contributed by atoms with Gasteiger partial charge in [-0.05, 0) is 18.4 Å². The van der Waals surface area contributed by atoms with E-state index in [4.69, 9.17) is 5.11 Å². The minimum atomic E-state index is -2.75. The van der Waals surface area contributed by atoms with Crippen molar-refractivity contribution in [2.45, 2.75) is 32.3 Å². The van der Waals surface area contributed by atoms with Crippen LogP contribution in [0.15, 0.2) is 24.3 Å². The Kier molecular flexibility index (Phi) is 2.30. The van der Waals surface area contributed by atoms with Gasteiger partial charge in [-0.15, -0.1) is 0 Å². The van der Waals surface area contributed by atoms with Gasteiger partial charge in [0, 0.05) is 11.0 Å². The third-order valence-corrected chi connectivity index (χ3v) is 3.26. The second-order valence-electron chi connectivity index (χ2n) is 4.49. The maximum absolute atomic E-state index is 13.9. The van der Waals surface area contributed by atoms with Gasteiger partial charge in [-0.25, -0.2) is 8.78 Å². The average Bonchev–Trinajstić information content (AvgIpc) is 2.98. The standard InChI is InChI=1S/C12H14F2O/c1-11(6-7-11)12(13,14)10-4-2-9(8-15)3-5-10/h2-5,15H,6-8H2,1H3. The van der Waals surface area contributed by atoms with Gasteiger partial charge in [0.05, 0.1) is 6.61 Å². The number of rotatable bonds is 3. The van der Waals surface area contributed by atoms with Gasteiger partial charge in [0.25, 0.3) is 5.92 Å². The van der Waals surface area contributed by atoms with Crippen LogP contribution in [0.2, 0.25) is 0 Å². The predicted molar refractivity (Wildman–Crippen MR) is 53.6 cm³/mol. The highest BCUT2D eigenvalue weighted by molar-refractivity contribution is 5.28. The Morgan fingerprint density at radius 2 is 1.80 bits per heavy atom. The van der Waals surface area contributed by atoms with Gasteiger partial charge in [-0.2, -0.15) is 0 Å². The molecular formula is C12H14F2O. The Balaban J connectivity index is 2.29. The van der Waals surface area contributed by atoms with E-state index in [0.717, 1.165) is 0 Å². The van der Waals surface area contributed by atoms with Crippen molar-refractivity contribution in [3.05, 3.63) is 35.4 Å². The molecule has 15 heavy (non-hydrogen) atoms. The third kappa shape index (κ3) is 1.65. The molecule has 0 atom stereocenters. The van der Waals surface area contributed by atoms with Crippen molar-refractivity contribution in [1.82, 2.24) is 0 Å². The van der Waals surface area contributed by atoms with Gasteiger partial charge in [-0.3, -0.25) is 0 Å². The lowest BCUT2D eigenvalue weighted by Gasteiger charge is -2.23. The summed E-state index contributed by atoms with van der Waals surface area (Å²) in [6, 6.07) is 5.92. The number of aliphatic hydroxyl groups is 1. The van der Waals surface area contributed by atoms with Gasteiger partial charge >= 0.3 is 0 Å². The monoisotopic (exact) mass is 212 g/mol. The molecule has 0 unspecified atom stereocenters. The van der Waals surface area contributed by atoms with E-state index in [2.05, 4.69) is 0 Å². The molecule has 1 aliphatic rings. The maximum Gasteiger partial charge on any atom is 0.278 e. The van der Waals surface area contributed by atoms with Gasteiger partial charge in [0.1, 0.15) is 0 Å². The molecule has 1 fully saturated rings. The average molecular weight is 212 g/mol. The highest BCUT2D eigenvalue weighted by Crippen LogP contribution is 2.60. The summed E-state index contributed by atoms with van der Waals surface area (Å²) in [6.45, 7) is 1.51. The summed E-state index contributed by atoms with van der Waals surface area (Å²) in [5, 5.41) is 8.82. The Hall–Kier alpha value is -0.960. The summed E-state index contributed by atoms with van der Waals surface area (Å²) in [5.74, 6) is -2.75. The first-order valence-corrected chi connectivity index (χ1v) is 5.08. The molecule has 1 aromatic carbocycles. The molecule has 1 aliphatic carbocycles. The van der Waals surface area contributed by atoms with Crippen molar-refractivity contribution in [3.63, 3.8) is 0 Å². The van der Waals surface area contributed by atoms with Crippen LogP contribution in [0.25, 0.3) is 0 Å². The van der Waals surface area contributed by atoms with Crippen LogP contribution in [0.4, 0.5) is 8.78 Å². The third-order valence-electron chi connectivity index (χ3n) is 3.26. The van der Waals surface area contributed by atoms with Crippen LogP contribution >= 0.6 is 0 Å². The molecule has 1 nitrogen and oxygen atoms in total. The van der Waals surface area contributed by atoms with Crippen LogP contribution in [-0.4, -0.2) is 5.11 Å². The Morgan fingerprint density at radius 1 is 1.27 bits per heavy atom. The molecule has 82 valence electrons. The summed E-state index contributed by atoms with van der Waals surface area (Å²) >= 11 is 0. The van der Waals surface area contributed by atoms with Gasteiger partial charge < -0.3 is 5.11 Å². The van der Waals surface area contributed by atoms with Crippen LogP contribution < -0.4 is 0 Å². The zero-order valence-corrected chi connectivity index (χ0v) is 8.63. The fourth-order valence-corrected chi connectivity index (χ4v) is 1.67. The van der Waals surface area contributed by atoms with Crippen LogP contribution in [0.1, 0.15) is 30.9 Å². The summed E-state index contributed by atoms with van der Waals surface area (Å²) in [7, 11) is 0. The zero-order valence-electron chi connectivity index (χ0n) is 8.63. The summed E-state index contributed by atoms with van der Waals surface area (Å²) in [6.07, 6.45) is 1.17. The molecule has 0 heterocycles. The van der Waals surface area contributed by atoms with E-state index in [1.54, 1.807) is 19.1 Å². The molecule has 1 N–H and O–H groups in total. The van der Waals surface area contributed by atoms with Crippen molar-refractivity contribution in [2.75, 3.05) is 0 Å². The molecule has 1 saturated carbocycles. The first-order chi connectivity index (χ1) is 6.99. The van der Waals surface area contributed by atoms with Gasteiger partial charge in [-0.1, -0.05) is 31.2 Å². The SMILES string of the molecule is CC1(C(F)(F)c2ccc(CO)cc2)CC1. The topological polar surface area (TPSA) is 20.2 Å². The first kappa shape index (κ1) is 10.6. The molecule has 3 heteroatoms. The Morgan fingerprint density at radius 3 is 2.20 bits per heavy atom. The first-order valence-electron chi connectivity index (χ1n) is 5.08. The van der Waals surface area contributed by atoms with E-state index in [1.807, 2.05) is 0 Å². The summed E-state index contributed by atoms with van der Waals surface area (Å²) < 4.78 is 27.8. The minimum absolute atomic E-state index is 0.0553. The van der Waals surface area contributed by atoms with Crippen LogP contribution in [-0.2, 0) is 12.5 Å². The van der Waals surface area contributed by atoms with E-state index in [9.17, 15) is 8.78 Å². The lowest BCUT2D eigenvalue weighted by Crippen LogP contribution is -2.24. The minimum Gasteiger partial charge on any atom is -0.392 e. The van der Waals surface area contributed by atoms with E-state index < -0.39 is 11.3 Å². The number of halogens is 2. The van der Waals surface area contributed by atoms with Crippen LogP contribution in [0, 0.1) is 5.41 Å². The number of alkyl halides is 2. The normalized spacial score (nSPS) is 18.9. The molecule has 0 spiro atoms. The quantitative estimate of drug-likeness (QED) is 0.816. The Bertz CT molecular complexity index is 352. The smallest absolute Gasteiger partial charge is 0.278 e. The fraction of sp³-hybridized carbons (Fsp3) is 0.500. The van der Waals surface area contributed by atoms with Crippen LogP contribution in [0.3, 0.4) is 0 Å². The highest BCUT2D eigenvalue weighted by Gasteiger charge is 2.58. The number of aliphatic hydroxyl groups excluding tert-OH is 1.